The van der Waals surface area contributed by atoms with Crippen LogP contribution in [0.3, 0.4) is 0 Å². The third-order valence-electron chi connectivity index (χ3n) is 3.84. The summed E-state index contributed by atoms with van der Waals surface area (Å²) >= 11 is 6.95. The summed E-state index contributed by atoms with van der Waals surface area (Å²) in [6, 6.07) is 0.578. The first-order valence-electron chi connectivity index (χ1n) is 7.08. The molecular weight excluding hydrogens is 290 g/mol. The fourth-order valence-electron chi connectivity index (χ4n) is 2.68. The van der Waals surface area contributed by atoms with Crippen LogP contribution in [0.5, 0.6) is 0 Å². The van der Waals surface area contributed by atoms with Crippen molar-refractivity contribution in [1.82, 2.24) is 19.7 Å². The minimum Gasteiger partial charge on any atom is -0.345 e. The van der Waals surface area contributed by atoms with Crippen LogP contribution in [0.15, 0.2) is 6.20 Å². The van der Waals surface area contributed by atoms with Crippen LogP contribution in [0.4, 0.5) is 5.13 Å². The summed E-state index contributed by atoms with van der Waals surface area (Å²) in [5, 5.41) is 8.30. The van der Waals surface area contributed by atoms with E-state index in [0.717, 1.165) is 28.9 Å². The quantitative estimate of drug-likeness (QED) is 0.882. The molecule has 1 fully saturated rings. The summed E-state index contributed by atoms with van der Waals surface area (Å²) in [5.41, 5.74) is 0. The molecule has 1 aliphatic rings. The average Bonchev–Trinajstić information content (AvgIpc) is 3.05. The number of nitrogens with one attached hydrogen (secondary N) is 1. The predicted molar refractivity (Wildman–Crippen MR) is 84.9 cm³/mol. The van der Waals surface area contributed by atoms with Gasteiger partial charge in [-0.25, -0.2) is 4.98 Å². The van der Waals surface area contributed by atoms with Crippen molar-refractivity contribution in [2.75, 3.05) is 11.4 Å². The number of hydrogen-bond donors (Lipinski definition) is 1. The number of aromatic nitrogens is 4. The fourth-order valence-corrected chi connectivity index (χ4v) is 3.99. The van der Waals surface area contributed by atoms with E-state index in [4.69, 9.17) is 12.2 Å². The standard InChI is InChI=1S/C13H19N5S2/c1-3-17-11(15-16-12(17)19)10-8-14-13(20-10)18-7-5-4-6-9(18)2/h8-9H,3-7H2,1-2H3,(H,16,19). The summed E-state index contributed by atoms with van der Waals surface area (Å²) in [6.07, 6.45) is 5.75. The maximum absolute atomic E-state index is 5.24. The molecule has 0 spiro atoms. The average molecular weight is 309 g/mol. The maximum Gasteiger partial charge on any atom is 0.195 e. The van der Waals surface area contributed by atoms with E-state index in [9.17, 15) is 0 Å². The Labute approximate surface area is 127 Å². The molecule has 3 rings (SSSR count). The molecule has 3 heterocycles. The topological polar surface area (TPSA) is 49.7 Å². The van der Waals surface area contributed by atoms with E-state index in [1.54, 1.807) is 11.3 Å². The smallest absolute Gasteiger partial charge is 0.195 e. The summed E-state index contributed by atoms with van der Waals surface area (Å²) in [5.74, 6) is 0.894. The van der Waals surface area contributed by atoms with Gasteiger partial charge in [-0.1, -0.05) is 11.3 Å². The van der Waals surface area contributed by atoms with Crippen molar-refractivity contribution < 1.29 is 0 Å². The van der Waals surface area contributed by atoms with Crippen LogP contribution in [0, 0.1) is 4.77 Å². The first-order chi connectivity index (χ1) is 9.70. The van der Waals surface area contributed by atoms with Crippen molar-refractivity contribution in [3.63, 3.8) is 0 Å². The van der Waals surface area contributed by atoms with E-state index in [-0.39, 0.29) is 0 Å². The second-order valence-electron chi connectivity index (χ2n) is 5.14. The van der Waals surface area contributed by atoms with Crippen molar-refractivity contribution in [2.45, 2.75) is 45.7 Å². The van der Waals surface area contributed by atoms with Gasteiger partial charge in [0.05, 0.1) is 11.1 Å². The zero-order valence-corrected chi connectivity index (χ0v) is 13.4. The summed E-state index contributed by atoms with van der Waals surface area (Å²) in [7, 11) is 0. The molecular formula is C13H19N5S2. The van der Waals surface area contributed by atoms with Crippen LogP contribution in [-0.4, -0.2) is 32.3 Å². The molecule has 0 radical (unpaired) electrons. The fraction of sp³-hybridized carbons (Fsp3) is 0.615. The van der Waals surface area contributed by atoms with Crippen LogP contribution < -0.4 is 4.90 Å². The normalized spacial score (nSPS) is 19.5. The molecule has 0 amide bonds. The van der Waals surface area contributed by atoms with Gasteiger partial charge in [0.1, 0.15) is 0 Å². The highest BCUT2D eigenvalue weighted by Crippen LogP contribution is 2.33. The highest BCUT2D eigenvalue weighted by Gasteiger charge is 2.22. The highest BCUT2D eigenvalue weighted by molar-refractivity contribution is 7.71. The number of hydrogen-bond acceptors (Lipinski definition) is 5. The van der Waals surface area contributed by atoms with Crippen LogP contribution in [-0.2, 0) is 6.54 Å². The Bertz CT molecular complexity index is 641. The first-order valence-corrected chi connectivity index (χ1v) is 8.31. The molecule has 1 unspecified atom stereocenters. The number of nitrogens with zero attached hydrogens (tertiary/aromatic N) is 4. The minimum atomic E-state index is 0.578. The molecule has 108 valence electrons. The van der Waals surface area contributed by atoms with Crippen LogP contribution >= 0.6 is 23.6 Å². The Balaban J connectivity index is 1.91. The minimum absolute atomic E-state index is 0.578. The van der Waals surface area contributed by atoms with Gasteiger partial charge in [-0.2, -0.15) is 5.10 Å². The largest absolute Gasteiger partial charge is 0.345 e. The lowest BCUT2D eigenvalue weighted by molar-refractivity contribution is 0.484. The van der Waals surface area contributed by atoms with Gasteiger partial charge in [0.15, 0.2) is 15.7 Å². The lowest BCUT2D eigenvalue weighted by Crippen LogP contribution is -2.37. The Kier molecular flexibility index (Phi) is 3.89. The van der Waals surface area contributed by atoms with Gasteiger partial charge in [-0.05, 0) is 45.3 Å². The number of thiazole rings is 1. The number of rotatable bonds is 3. The molecule has 1 aliphatic heterocycles. The van der Waals surface area contributed by atoms with Crippen molar-refractivity contribution in [3.05, 3.63) is 11.0 Å². The van der Waals surface area contributed by atoms with Crippen LogP contribution in [0.2, 0.25) is 0 Å². The Morgan fingerprint density at radius 2 is 2.35 bits per heavy atom. The predicted octanol–water partition coefficient (Wildman–Crippen LogP) is 3.46. The lowest BCUT2D eigenvalue weighted by Gasteiger charge is -2.32. The van der Waals surface area contributed by atoms with E-state index in [1.807, 2.05) is 10.8 Å². The first kappa shape index (κ1) is 13.8. The molecule has 1 atom stereocenters. The molecule has 5 nitrogen and oxygen atoms in total. The molecule has 1 saturated heterocycles. The van der Waals surface area contributed by atoms with Crippen LogP contribution in [0.1, 0.15) is 33.1 Å². The maximum atomic E-state index is 5.24. The SMILES string of the molecule is CCn1c(-c2cnc(N3CCCCC3C)s2)n[nH]c1=S. The van der Waals surface area contributed by atoms with Crippen molar-refractivity contribution in [1.29, 1.82) is 0 Å². The number of piperidine rings is 1. The molecule has 0 aromatic carbocycles. The third-order valence-corrected chi connectivity index (χ3v) is 5.18. The van der Waals surface area contributed by atoms with E-state index in [0.29, 0.717) is 10.8 Å². The highest BCUT2D eigenvalue weighted by atomic mass is 32.1. The number of H-pyrrole nitrogens is 1. The van der Waals surface area contributed by atoms with E-state index >= 15 is 0 Å². The monoisotopic (exact) mass is 309 g/mol. The zero-order chi connectivity index (χ0) is 14.1. The second kappa shape index (κ2) is 5.65. The Morgan fingerprint density at radius 1 is 1.50 bits per heavy atom. The van der Waals surface area contributed by atoms with Gasteiger partial charge in [0.25, 0.3) is 0 Å². The second-order valence-corrected chi connectivity index (χ2v) is 6.54. The molecule has 20 heavy (non-hydrogen) atoms. The van der Waals surface area contributed by atoms with Gasteiger partial charge in [-0.15, -0.1) is 0 Å². The Hall–Kier alpha value is -1.21. The number of anilines is 1. The van der Waals surface area contributed by atoms with Crippen molar-refractivity contribution in [2.24, 2.45) is 0 Å². The molecule has 0 aliphatic carbocycles. The third kappa shape index (κ3) is 2.40. The van der Waals surface area contributed by atoms with Crippen molar-refractivity contribution >= 4 is 28.7 Å². The number of aromatic amines is 1. The molecule has 0 saturated carbocycles. The van der Waals surface area contributed by atoms with E-state index < -0.39 is 0 Å². The molecule has 0 bridgehead atoms. The van der Waals surface area contributed by atoms with Gasteiger partial charge in [0, 0.05) is 19.1 Å². The molecule has 2 aromatic heterocycles. The van der Waals surface area contributed by atoms with Crippen molar-refractivity contribution in [3.8, 4) is 10.7 Å². The van der Waals surface area contributed by atoms with E-state index in [2.05, 4.69) is 33.9 Å². The summed E-state index contributed by atoms with van der Waals surface area (Å²) in [6.45, 7) is 6.28. The Morgan fingerprint density at radius 3 is 3.10 bits per heavy atom. The van der Waals surface area contributed by atoms with Gasteiger partial charge < -0.3 is 4.90 Å². The molecule has 1 N–H and O–H groups in total. The molecule has 7 heteroatoms. The lowest BCUT2D eigenvalue weighted by atomic mass is 10.1. The summed E-state index contributed by atoms with van der Waals surface area (Å²) < 4.78 is 2.68. The van der Waals surface area contributed by atoms with Gasteiger partial charge >= 0.3 is 0 Å². The summed E-state index contributed by atoms with van der Waals surface area (Å²) in [4.78, 5) is 8.08. The van der Waals surface area contributed by atoms with Gasteiger partial charge in [0.2, 0.25) is 0 Å². The van der Waals surface area contributed by atoms with E-state index in [1.165, 1.54) is 19.3 Å². The van der Waals surface area contributed by atoms with Gasteiger partial charge in [-0.3, -0.25) is 9.67 Å². The zero-order valence-electron chi connectivity index (χ0n) is 11.8. The molecule has 2 aromatic rings. The van der Waals surface area contributed by atoms with Crippen LogP contribution in [0.25, 0.3) is 10.7 Å².